The third kappa shape index (κ3) is 4.14. The molecule has 96 valence electrons. The summed E-state index contributed by atoms with van der Waals surface area (Å²) in [7, 11) is 2.07. The van der Waals surface area contributed by atoms with Gasteiger partial charge in [0.2, 0.25) is 0 Å². The predicted octanol–water partition coefficient (Wildman–Crippen LogP) is 3.00. The normalized spacial score (nSPS) is 15.3. The van der Waals surface area contributed by atoms with E-state index in [0.717, 1.165) is 5.56 Å². The van der Waals surface area contributed by atoms with Crippen LogP contribution < -0.4 is 0 Å². The lowest BCUT2D eigenvalue weighted by molar-refractivity contribution is 0.0955. The number of hydrogen-bond acceptors (Lipinski definition) is 2. The van der Waals surface area contributed by atoms with E-state index in [1.165, 1.54) is 5.56 Å². The Hall–Kier alpha value is -0.860. The maximum Gasteiger partial charge on any atom is 0.0916 e. The van der Waals surface area contributed by atoms with Crippen LogP contribution in [0.5, 0.6) is 0 Å². The number of rotatable bonds is 5. The lowest BCUT2D eigenvalue weighted by Gasteiger charge is -2.29. The van der Waals surface area contributed by atoms with E-state index in [4.69, 9.17) is 0 Å². The molecule has 1 aromatic rings. The number of aliphatic hydroxyl groups is 1. The first kappa shape index (κ1) is 14.2. The van der Waals surface area contributed by atoms with Crippen LogP contribution in [-0.2, 0) is 0 Å². The van der Waals surface area contributed by atoms with Crippen LogP contribution in [0.25, 0.3) is 0 Å². The van der Waals surface area contributed by atoms with Crippen molar-refractivity contribution in [2.75, 3.05) is 13.6 Å². The van der Waals surface area contributed by atoms with Crippen LogP contribution in [0.15, 0.2) is 24.3 Å². The Morgan fingerprint density at radius 2 is 1.65 bits per heavy atom. The van der Waals surface area contributed by atoms with Gasteiger partial charge in [-0.25, -0.2) is 0 Å². The lowest BCUT2D eigenvalue weighted by atomic mass is 10.0. The molecule has 2 heteroatoms. The van der Waals surface area contributed by atoms with Crippen LogP contribution in [0.1, 0.15) is 38.0 Å². The standard InChI is InChI=1S/C15H25NO/c1-11(2)13(4)16(5)10-15(17)14-8-6-12(3)7-9-14/h6-9,11,13,15,17H,10H2,1-5H3. The number of nitrogens with zero attached hydrogens (tertiary/aromatic N) is 1. The highest BCUT2D eigenvalue weighted by Crippen LogP contribution is 2.17. The van der Waals surface area contributed by atoms with Crippen LogP contribution in [0.3, 0.4) is 0 Å². The molecule has 2 unspecified atom stereocenters. The van der Waals surface area contributed by atoms with Gasteiger partial charge in [-0.3, -0.25) is 0 Å². The molecule has 0 fully saturated rings. The Morgan fingerprint density at radius 3 is 2.12 bits per heavy atom. The zero-order valence-electron chi connectivity index (χ0n) is 11.6. The second kappa shape index (κ2) is 6.18. The van der Waals surface area contributed by atoms with E-state index in [0.29, 0.717) is 18.5 Å². The van der Waals surface area contributed by atoms with Gasteiger partial charge in [-0.15, -0.1) is 0 Å². The Morgan fingerprint density at radius 1 is 1.12 bits per heavy atom. The van der Waals surface area contributed by atoms with E-state index >= 15 is 0 Å². The van der Waals surface area contributed by atoms with Crippen molar-refractivity contribution in [3.63, 3.8) is 0 Å². The molecule has 0 saturated heterocycles. The third-order valence-electron chi connectivity index (χ3n) is 3.58. The van der Waals surface area contributed by atoms with Crippen molar-refractivity contribution in [1.82, 2.24) is 4.90 Å². The Labute approximate surface area is 105 Å². The zero-order chi connectivity index (χ0) is 13.0. The van der Waals surface area contributed by atoms with Gasteiger partial charge in [0, 0.05) is 12.6 Å². The monoisotopic (exact) mass is 235 g/mol. The van der Waals surface area contributed by atoms with Crippen molar-refractivity contribution in [3.8, 4) is 0 Å². The molecule has 0 heterocycles. The first-order valence-corrected chi connectivity index (χ1v) is 6.36. The van der Waals surface area contributed by atoms with Gasteiger partial charge in [-0.2, -0.15) is 0 Å². The maximum atomic E-state index is 10.2. The van der Waals surface area contributed by atoms with Crippen LogP contribution >= 0.6 is 0 Å². The molecule has 1 rings (SSSR count). The summed E-state index contributed by atoms with van der Waals surface area (Å²) < 4.78 is 0. The summed E-state index contributed by atoms with van der Waals surface area (Å²) in [6.45, 7) is 9.36. The summed E-state index contributed by atoms with van der Waals surface area (Å²) in [5.41, 5.74) is 2.23. The number of likely N-dealkylation sites (N-methyl/N-ethyl adjacent to an activating group) is 1. The smallest absolute Gasteiger partial charge is 0.0916 e. The second-order valence-electron chi connectivity index (χ2n) is 5.35. The molecule has 0 aliphatic carbocycles. The molecule has 0 spiro atoms. The largest absolute Gasteiger partial charge is 0.387 e. The van der Waals surface area contributed by atoms with Gasteiger partial charge in [0.15, 0.2) is 0 Å². The van der Waals surface area contributed by atoms with E-state index in [1.807, 2.05) is 24.3 Å². The van der Waals surface area contributed by atoms with E-state index in [2.05, 4.69) is 39.6 Å². The molecule has 2 atom stereocenters. The fourth-order valence-corrected chi connectivity index (χ4v) is 1.84. The molecule has 0 aromatic heterocycles. The zero-order valence-corrected chi connectivity index (χ0v) is 11.6. The Bertz CT molecular complexity index is 331. The molecule has 0 saturated carbocycles. The molecule has 1 N–H and O–H groups in total. The molecule has 2 nitrogen and oxygen atoms in total. The van der Waals surface area contributed by atoms with Crippen LogP contribution in [0.2, 0.25) is 0 Å². The van der Waals surface area contributed by atoms with E-state index in [-0.39, 0.29) is 0 Å². The fourth-order valence-electron chi connectivity index (χ4n) is 1.84. The van der Waals surface area contributed by atoms with Gasteiger partial charge < -0.3 is 10.0 Å². The number of aryl methyl sites for hydroxylation is 1. The van der Waals surface area contributed by atoms with Gasteiger partial charge in [0.25, 0.3) is 0 Å². The highest BCUT2D eigenvalue weighted by atomic mass is 16.3. The number of hydrogen-bond donors (Lipinski definition) is 1. The summed E-state index contributed by atoms with van der Waals surface area (Å²) in [6.07, 6.45) is -0.401. The second-order valence-corrected chi connectivity index (χ2v) is 5.35. The molecular formula is C15H25NO. The molecule has 0 bridgehead atoms. The molecule has 0 aliphatic heterocycles. The molecule has 0 radical (unpaired) electrons. The van der Waals surface area contributed by atoms with Crippen LogP contribution in [0, 0.1) is 12.8 Å². The number of benzene rings is 1. The molecule has 1 aromatic carbocycles. The van der Waals surface area contributed by atoms with Crippen molar-refractivity contribution in [1.29, 1.82) is 0 Å². The van der Waals surface area contributed by atoms with Gasteiger partial charge in [-0.1, -0.05) is 43.7 Å². The fraction of sp³-hybridized carbons (Fsp3) is 0.600. The highest BCUT2D eigenvalue weighted by molar-refractivity contribution is 5.23. The minimum atomic E-state index is -0.401. The van der Waals surface area contributed by atoms with E-state index < -0.39 is 6.10 Å². The Balaban J connectivity index is 2.60. The minimum Gasteiger partial charge on any atom is -0.387 e. The van der Waals surface area contributed by atoms with Crippen molar-refractivity contribution < 1.29 is 5.11 Å². The van der Waals surface area contributed by atoms with Crippen LogP contribution in [0.4, 0.5) is 0 Å². The molecule has 0 amide bonds. The summed E-state index contributed by atoms with van der Waals surface area (Å²) >= 11 is 0. The quantitative estimate of drug-likeness (QED) is 0.848. The summed E-state index contributed by atoms with van der Waals surface area (Å²) in [5, 5.41) is 10.2. The summed E-state index contributed by atoms with van der Waals surface area (Å²) in [6, 6.07) is 8.59. The minimum absolute atomic E-state index is 0.401. The summed E-state index contributed by atoms with van der Waals surface area (Å²) in [4.78, 5) is 2.22. The Kier molecular flexibility index (Phi) is 5.16. The SMILES string of the molecule is Cc1ccc(C(O)CN(C)C(C)C(C)C)cc1. The van der Waals surface area contributed by atoms with E-state index in [1.54, 1.807) is 0 Å². The lowest BCUT2D eigenvalue weighted by Crippen LogP contribution is -2.36. The third-order valence-corrected chi connectivity index (χ3v) is 3.58. The molecule has 17 heavy (non-hydrogen) atoms. The number of aliphatic hydroxyl groups excluding tert-OH is 1. The first-order valence-electron chi connectivity index (χ1n) is 6.36. The van der Waals surface area contributed by atoms with Crippen molar-refractivity contribution in [3.05, 3.63) is 35.4 Å². The van der Waals surface area contributed by atoms with Gasteiger partial charge in [0.05, 0.1) is 6.10 Å². The predicted molar refractivity (Wildman–Crippen MR) is 73.1 cm³/mol. The van der Waals surface area contributed by atoms with Crippen LogP contribution in [-0.4, -0.2) is 29.6 Å². The highest BCUT2D eigenvalue weighted by Gasteiger charge is 2.17. The molecule has 0 aliphatic rings. The van der Waals surface area contributed by atoms with Gasteiger partial charge >= 0.3 is 0 Å². The van der Waals surface area contributed by atoms with Gasteiger partial charge in [-0.05, 0) is 32.4 Å². The van der Waals surface area contributed by atoms with Gasteiger partial charge in [0.1, 0.15) is 0 Å². The average molecular weight is 235 g/mol. The maximum absolute atomic E-state index is 10.2. The first-order chi connectivity index (χ1) is 7.91. The molecular weight excluding hydrogens is 210 g/mol. The van der Waals surface area contributed by atoms with Crippen molar-refractivity contribution in [2.24, 2.45) is 5.92 Å². The topological polar surface area (TPSA) is 23.5 Å². The van der Waals surface area contributed by atoms with E-state index in [9.17, 15) is 5.11 Å². The van der Waals surface area contributed by atoms with Crippen molar-refractivity contribution in [2.45, 2.75) is 39.8 Å². The van der Waals surface area contributed by atoms with Crippen molar-refractivity contribution >= 4 is 0 Å². The average Bonchev–Trinajstić information content (AvgIpc) is 2.28. The summed E-state index contributed by atoms with van der Waals surface area (Å²) in [5.74, 6) is 0.602.